The molecule has 1 atom stereocenters. The highest BCUT2D eigenvalue weighted by Crippen LogP contribution is 2.45. The summed E-state index contributed by atoms with van der Waals surface area (Å²) in [6.07, 6.45) is 5.72. The van der Waals surface area contributed by atoms with Crippen LogP contribution in [0.25, 0.3) is 10.8 Å². The maximum absolute atomic E-state index is 6.08. The van der Waals surface area contributed by atoms with E-state index in [0.29, 0.717) is 11.1 Å². The van der Waals surface area contributed by atoms with Gasteiger partial charge in [0.2, 0.25) is 0 Å². The maximum atomic E-state index is 6.08. The van der Waals surface area contributed by atoms with E-state index in [1.54, 1.807) is 0 Å². The Hall–Kier alpha value is -1.75. The third-order valence-corrected chi connectivity index (χ3v) is 6.51. The number of rotatable bonds is 4. The summed E-state index contributed by atoms with van der Waals surface area (Å²) < 4.78 is 6.00. The molecule has 1 heterocycles. The topological polar surface area (TPSA) is 24.5 Å². The summed E-state index contributed by atoms with van der Waals surface area (Å²) in [6, 6.07) is 13.2. The average Bonchev–Trinajstić information content (AvgIpc) is 2.60. The second-order valence-corrected chi connectivity index (χ2v) is 9.55. The lowest BCUT2D eigenvalue weighted by Crippen LogP contribution is -2.39. The average molecular weight is 401 g/mol. The van der Waals surface area contributed by atoms with Crippen LogP contribution < -0.4 is 10.4 Å². The molecule has 3 nitrogen and oxygen atoms in total. The van der Waals surface area contributed by atoms with Gasteiger partial charge >= 0.3 is 0 Å². The van der Waals surface area contributed by atoms with Crippen molar-refractivity contribution < 1.29 is 4.43 Å². The van der Waals surface area contributed by atoms with Gasteiger partial charge in [0.25, 0.3) is 0 Å². The zero-order valence-corrected chi connectivity index (χ0v) is 19.8. The van der Waals surface area contributed by atoms with E-state index in [1.165, 1.54) is 16.3 Å². The van der Waals surface area contributed by atoms with Gasteiger partial charge in [-0.25, -0.2) is 0 Å². The van der Waals surface area contributed by atoms with Gasteiger partial charge in [-0.1, -0.05) is 56.6 Å². The van der Waals surface area contributed by atoms with Gasteiger partial charge in [0.05, 0.1) is 11.3 Å². The van der Waals surface area contributed by atoms with Crippen molar-refractivity contribution in [3.05, 3.63) is 65.5 Å². The number of hydrogen-bond donors (Lipinski definition) is 1. The largest absolute Gasteiger partial charge is 0.422 e. The molecule has 5 heteroatoms. The minimum Gasteiger partial charge on any atom is -0.422 e. The lowest BCUT2D eigenvalue weighted by molar-refractivity contribution is 0.0405. The Labute approximate surface area is 170 Å². The Balaban J connectivity index is 1.99. The van der Waals surface area contributed by atoms with Crippen LogP contribution >= 0.6 is 11.6 Å². The molecule has 2 aromatic rings. The molecule has 1 N–H and O–H groups in total. The van der Waals surface area contributed by atoms with Crippen molar-refractivity contribution in [2.75, 3.05) is 5.01 Å². The predicted molar refractivity (Wildman–Crippen MR) is 120 cm³/mol. The summed E-state index contributed by atoms with van der Waals surface area (Å²) in [5.74, 6) is 0.308. The molecule has 0 saturated heterocycles. The zero-order valence-electron chi connectivity index (χ0n) is 17.0. The Morgan fingerprint density at radius 3 is 2.33 bits per heavy atom. The summed E-state index contributed by atoms with van der Waals surface area (Å²) in [5.41, 5.74) is 5.42. The van der Waals surface area contributed by atoms with Crippen LogP contribution in [0.4, 0.5) is 5.69 Å². The van der Waals surface area contributed by atoms with Crippen LogP contribution in [0.2, 0.25) is 0 Å². The molecule has 0 saturated carbocycles. The molecule has 0 aromatic heterocycles. The summed E-state index contributed by atoms with van der Waals surface area (Å²) in [5, 5.41) is 4.96. The van der Waals surface area contributed by atoms with Gasteiger partial charge in [0.15, 0.2) is 0 Å². The van der Waals surface area contributed by atoms with Crippen LogP contribution in [-0.4, -0.2) is 16.1 Å². The smallest absolute Gasteiger partial charge is 0.146 e. The van der Waals surface area contributed by atoms with Crippen molar-refractivity contribution in [2.45, 2.75) is 46.1 Å². The zero-order chi connectivity index (χ0) is 19.8. The molecule has 144 valence electrons. The van der Waals surface area contributed by atoms with Gasteiger partial charge in [-0.05, 0) is 59.9 Å². The number of nitrogens with one attached hydrogen (secondary N) is 1. The fraction of sp³-hybridized carbons (Fsp3) is 0.364. The van der Waals surface area contributed by atoms with E-state index >= 15 is 0 Å². The molecule has 0 radical (unpaired) electrons. The second-order valence-electron chi connectivity index (χ2n) is 8.74. The number of benzene rings is 2. The molecule has 0 amide bonds. The monoisotopic (exact) mass is 400 g/mol. The predicted octanol–water partition coefficient (Wildman–Crippen LogP) is 4.96. The first-order valence-corrected chi connectivity index (χ1v) is 10.5. The van der Waals surface area contributed by atoms with E-state index in [1.807, 2.05) is 23.4 Å². The van der Waals surface area contributed by atoms with Crippen molar-refractivity contribution in [1.29, 1.82) is 0 Å². The first kappa shape index (κ1) is 20.0. The highest BCUT2D eigenvalue weighted by atomic mass is 35.5. The lowest BCUT2D eigenvalue weighted by Gasteiger charge is -2.43. The van der Waals surface area contributed by atoms with Crippen LogP contribution in [-0.2, 0) is 4.43 Å². The van der Waals surface area contributed by atoms with Gasteiger partial charge in [-0.2, -0.15) is 0 Å². The van der Waals surface area contributed by atoms with Gasteiger partial charge in [-0.3, -0.25) is 10.4 Å². The molecule has 0 spiro atoms. The third kappa shape index (κ3) is 4.23. The van der Waals surface area contributed by atoms with Crippen molar-refractivity contribution >= 4 is 38.5 Å². The first-order chi connectivity index (χ1) is 12.6. The van der Waals surface area contributed by atoms with Crippen molar-refractivity contribution in [1.82, 2.24) is 5.43 Å². The molecule has 3 rings (SSSR count). The van der Waals surface area contributed by atoms with E-state index in [0.717, 1.165) is 16.2 Å². The number of fused-ring (bicyclic) bond motifs is 1. The number of nitrogens with zero attached hydrogens (tertiary/aromatic N) is 1. The van der Waals surface area contributed by atoms with Gasteiger partial charge in [0, 0.05) is 12.1 Å². The maximum Gasteiger partial charge on any atom is 0.146 e. The minimum atomic E-state index is -0.191. The summed E-state index contributed by atoms with van der Waals surface area (Å²) in [6.45, 7) is 11.3. The van der Waals surface area contributed by atoms with Gasteiger partial charge in [-0.15, -0.1) is 0 Å². The van der Waals surface area contributed by atoms with Crippen LogP contribution in [0.15, 0.2) is 59.9 Å². The van der Waals surface area contributed by atoms with Crippen LogP contribution in [0.5, 0.6) is 0 Å². The summed E-state index contributed by atoms with van der Waals surface area (Å²) >= 11 is 6.08. The molecule has 0 aliphatic carbocycles. The molecule has 2 aromatic carbocycles. The lowest BCUT2D eigenvalue weighted by atomic mass is 9.68. The fourth-order valence-corrected chi connectivity index (χ4v) is 4.60. The second kappa shape index (κ2) is 7.34. The number of allylic oxidation sites excluding steroid dienone is 2. The SMILES string of the molecule is CC(C)(C)C(c1ccc2cc(N3C=CC=C(Cl)N3)ccc2c1)C(C)(C)O[SiH3]. The molecule has 1 aliphatic heterocycles. The molecular formula is C22H29ClN2OSi. The van der Waals surface area contributed by atoms with E-state index in [4.69, 9.17) is 16.0 Å². The highest BCUT2D eigenvalue weighted by molar-refractivity contribution is 6.29. The highest BCUT2D eigenvalue weighted by Gasteiger charge is 2.39. The van der Waals surface area contributed by atoms with Crippen LogP contribution in [0.1, 0.15) is 46.1 Å². The number of halogens is 1. The molecule has 27 heavy (non-hydrogen) atoms. The van der Waals surface area contributed by atoms with Crippen LogP contribution in [0, 0.1) is 5.41 Å². The third-order valence-electron chi connectivity index (χ3n) is 5.25. The van der Waals surface area contributed by atoms with Crippen molar-refractivity contribution in [3.63, 3.8) is 0 Å². The normalized spacial score (nSPS) is 16.4. The summed E-state index contributed by atoms with van der Waals surface area (Å²) in [4.78, 5) is 0. The van der Waals surface area contributed by atoms with Crippen LogP contribution in [0.3, 0.4) is 0 Å². The Kier molecular flexibility index (Phi) is 5.44. The number of hydrazine groups is 1. The molecular weight excluding hydrogens is 372 g/mol. The Morgan fingerprint density at radius 2 is 1.70 bits per heavy atom. The van der Waals surface area contributed by atoms with E-state index < -0.39 is 0 Å². The Morgan fingerprint density at radius 1 is 1.04 bits per heavy atom. The fourth-order valence-electron chi connectivity index (χ4n) is 4.20. The first-order valence-electron chi connectivity index (χ1n) is 9.30. The number of anilines is 1. The van der Waals surface area contributed by atoms with Gasteiger partial charge in [0.1, 0.15) is 15.6 Å². The van der Waals surface area contributed by atoms with E-state index in [2.05, 4.69) is 76.4 Å². The van der Waals surface area contributed by atoms with E-state index in [-0.39, 0.29) is 11.0 Å². The standard InChI is InChI=1S/C22H29ClN2OSi/c1-21(2,3)20(22(4,5)26-27)17-9-8-16-14-18(11-10-15(16)13-17)25-12-6-7-19(23)24-25/h6-14,20,24H,1-5,27H3. The van der Waals surface area contributed by atoms with Crippen molar-refractivity contribution in [3.8, 4) is 0 Å². The minimum absolute atomic E-state index is 0.104. The quantitative estimate of drug-likeness (QED) is 0.579. The van der Waals surface area contributed by atoms with Crippen molar-refractivity contribution in [2.24, 2.45) is 5.41 Å². The Bertz CT molecular complexity index is 899. The molecule has 0 fully saturated rings. The number of hydrogen-bond acceptors (Lipinski definition) is 3. The molecule has 1 unspecified atom stereocenters. The molecule has 1 aliphatic rings. The van der Waals surface area contributed by atoms with E-state index in [9.17, 15) is 0 Å². The van der Waals surface area contributed by atoms with Gasteiger partial charge < -0.3 is 4.43 Å². The molecule has 0 bridgehead atoms. The summed E-state index contributed by atoms with van der Waals surface area (Å²) in [7, 11) is 0.731.